The van der Waals surface area contributed by atoms with Crippen LogP contribution in [-0.4, -0.2) is 32.9 Å². The normalized spacial score (nSPS) is 10.9. The predicted molar refractivity (Wildman–Crippen MR) is 89.9 cm³/mol. The van der Waals surface area contributed by atoms with Crippen molar-refractivity contribution in [3.05, 3.63) is 47.4 Å². The fraction of sp³-hybridized carbons (Fsp3) is 0.250. The number of fused-ring (bicyclic) bond motifs is 1. The van der Waals surface area contributed by atoms with Gasteiger partial charge in [-0.1, -0.05) is 11.6 Å². The van der Waals surface area contributed by atoms with Crippen LogP contribution in [0.5, 0.6) is 5.88 Å². The lowest BCUT2D eigenvalue weighted by molar-refractivity contribution is 0.196. The maximum Gasteiger partial charge on any atom is 0.213 e. The van der Waals surface area contributed by atoms with Crippen LogP contribution < -0.4 is 10.1 Å². The van der Waals surface area contributed by atoms with Gasteiger partial charge in [-0.15, -0.1) is 0 Å². The number of halogens is 1. The van der Waals surface area contributed by atoms with E-state index in [-0.39, 0.29) is 13.2 Å². The summed E-state index contributed by atoms with van der Waals surface area (Å²) in [4.78, 5) is 8.75. The van der Waals surface area contributed by atoms with Gasteiger partial charge in [0.05, 0.1) is 36.1 Å². The summed E-state index contributed by atoms with van der Waals surface area (Å²) in [6, 6.07) is 9.31. The molecule has 0 aliphatic heterocycles. The van der Waals surface area contributed by atoms with Gasteiger partial charge in [-0.25, -0.2) is 9.97 Å². The Bertz CT molecular complexity index is 802. The van der Waals surface area contributed by atoms with Crippen molar-refractivity contribution in [1.29, 1.82) is 0 Å². The molecule has 3 rings (SSSR count). The molecule has 2 N–H and O–H groups in total. The van der Waals surface area contributed by atoms with Gasteiger partial charge in [-0.05, 0) is 24.3 Å². The average molecular weight is 333 g/mol. The molecule has 3 aromatic rings. The fourth-order valence-corrected chi connectivity index (χ4v) is 2.45. The molecule has 0 atom stereocenters. The Morgan fingerprint density at radius 3 is 2.91 bits per heavy atom. The lowest BCUT2D eigenvalue weighted by Crippen LogP contribution is -2.07. The SMILES string of the molecule is Cn1c(CNc2ccc(OCCO)nc2)nc2cc(Cl)ccc21. The quantitative estimate of drug-likeness (QED) is 0.726. The molecule has 1 aromatic carbocycles. The van der Waals surface area contributed by atoms with Crippen molar-refractivity contribution in [2.45, 2.75) is 6.54 Å². The smallest absolute Gasteiger partial charge is 0.213 e. The Kier molecular flexibility index (Phi) is 4.64. The molecule has 23 heavy (non-hydrogen) atoms. The highest BCUT2D eigenvalue weighted by Gasteiger charge is 2.08. The van der Waals surface area contributed by atoms with Gasteiger partial charge in [0.15, 0.2) is 0 Å². The molecule has 120 valence electrons. The highest BCUT2D eigenvalue weighted by Crippen LogP contribution is 2.20. The number of anilines is 1. The van der Waals surface area contributed by atoms with E-state index in [1.165, 1.54) is 0 Å². The Morgan fingerprint density at radius 1 is 1.30 bits per heavy atom. The number of pyridine rings is 1. The molecule has 0 saturated heterocycles. The first-order chi connectivity index (χ1) is 11.2. The molecule has 0 unspecified atom stereocenters. The van der Waals surface area contributed by atoms with Crippen molar-refractivity contribution in [3.63, 3.8) is 0 Å². The highest BCUT2D eigenvalue weighted by molar-refractivity contribution is 6.31. The van der Waals surface area contributed by atoms with E-state index in [2.05, 4.69) is 15.3 Å². The van der Waals surface area contributed by atoms with Crippen LogP contribution in [0.2, 0.25) is 5.02 Å². The first kappa shape index (κ1) is 15.6. The van der Waals surface area contributed by atoms with E-state index in [0.717, 1.165) is 22.5 Å². The third kappa shape index (κ3) is 3.55. The summed E-state index contributed by atoms with van der Waals surface area (Å²) in [5, 5.41) is 12.7. The van der Waals surface area contributed by atoms with Gasteiger partial charge in [0.2, 0.25) is 5.88 Å². The largest absolute Gasteiger partial charge is 0.475 e. The standard InChI is InChI=1S/C16H17ClN4O2/c1-21-14-4-2-11(17)8-13(14)20-15(21)10-18-12-3-5-16(19-9-12)23-7-6-22/h2-5,8-9,18,22H,6-7,10H2,1H3. The molecule has 0 saturated carbocycles. The number of aromatic nitrogens is 3. The lowest BCUT2D eigenvalue weighted by Gasteiger charge is -2.07. The van der Waals surface area contributed by atoms with Crippen molar-refractivity contribution in [1.82, 2.24) is 14.5 Å². The van der Waals surface area contributed by atoms with E-state index in [0.29, 0.717) is 17.4 Å². The first-order valence-electron chi connectivity index (χ1n) is 7.22. The number of imidazole rings is 1. The molecule has 6 nitrogen and oxygen atoms in total. The molecule has 0 amide bonds. The zero-order valence-electron chi connectivity index (χ0n) is 12.7. The zero-order valence-corrected chi connectivity index (χ0v) is 13.4. The molecule has 0 fully saturated rings. The summed E-state index contributed by atoms with van der Waals surface area (Å²) in [6.45, 7) is 0.780. The molecular formula is C16H17ClN4O2. The number of hydrogen-bond acceptors (Lipinski definition) is 5. The Morgan fingerprint density at radius 2 is 2.17 bits per heavy atom. The Hall–Kier alpha value is -2.31. The van der Waals surface area contributed by atoms with E-state index in [9.17, 15) is 0 Å². The van der Waals surface area contributed by atoms with E-state index in [1.807, 2.05) is 35.9 Å². The van der Waals surface area contributed by atoms with Crippen molar-refractivity contribution < 1.29 is 9.84 Å². The van der Waals surface area contributed by atoms with Crippen LogP contribution in [0.4, 0.5) is 5.69 Å². The number of benzene rings is 1. The Balaban J connectivity index is 1.69. The monoisotopic (exact) mass is 332 g/mol. The molecular weight excluding hydrogens is 316 g/mol. The predicted octanol–water partition coefficient (Wildman–Crippen LogP) is 2.60. The minimum absolute atomic E-state index is 0.0293. The third-order valence-corrected chi connectivity index (χ3v) is 3.70. The second kappa shape index (κ2) is 6.85. The summed E-state index contributed by atoms with van der Waals surface area (Å²) >= 11 is 6.00. The van der Waals surface area contributed by atoms with E-state index in [1.54, 1.807) is 12.3 Å². The minimum Gasteiger partial charge on any atom is -0.475 e. The number of hydrogen-bond donors (Lipinski definition) is 2. The van der Waals surface area contributed by atoms with Crippen LogP contribution in [0.15, 0.2) is 36.5 Å². The van der Waals surface area contributed by atoms with Crippen LogP contribution in [0.3, 0.4) is 0 Å². The van der Waals surface area contributed by atoms with Gasteiger partial charge < -0.3 is 19.7 Å². The summed E-state index contributed by atoms with van der Waals surface area (Å²) in [7, 11) is 1.98. The number of aryl methyl sites for hydroxylation is 1. The molecule has 0 radical (unpaired) electrons. The van der Waals surface area contributed by atoms with Gasteiger partial charge in [0, 0.05) is 18.1 Å². The van der Waals surface area contributed by atoms with Gasteiger partial charge in [0.25, 0.3) is 0 Å². The number of nitrogens with one attached hydrogen (secondary N) is 1. The summed E-state index contributed by atoms with van der Waals surface area (Å²) in [6.07, 6.45) is 1.69. The summed E-state index contributed by atoms with van der Waals surface area (Å²) in [5.41, 5.74) is 2.78. The second-order valence-electron chi connectivity index (χ2n) is 5.03. The lowest BCUT2D eigenvalue weighted by atomic mass is 10.3. The van der Waals surface area contributed by atoms with Gasteiger partial charge in [-0.3, -0.25) is 0 Å². The van der Waals surface area contributed by atoms with E-state index < -0.39 is 0 Å². The van der Waals surface area contributed by atoms with Gasteiger partial charge >= 0.3 is 0 Å². The Labute approximate surface area is 138 Å². The number of rotatable bonds is 6. The molecule has 2 aromatic heterocycles. The van der Waals surface area contributed by atoms with Gasteiger partial charge in [0.1, 0.15) is 12.4 Å². The number of aliphatic hydroxyl groups is 1. The summed E-state index contributed by atoms with van der Waals surface area (Å²) < 4.78 is 7.26. The van der Waals surface area contributed by atoms with Crippen molar-refractivity contribution in [2.75, 3.05) is 18.5 Å². The molecule has 0 aliphatic rings. The van der Waals surface area contributed by atoms with E-state index in [4.69, 9.17) is 21.4 Å². The maximum absolute atomic E-state index is 8.71. The fourth-order valence-electron chi connectivity index (χ4n) is 2.28. The minimum atomic E-state index is -0.0293. The molecule has 2 heterocycles. The first-order valence-corrected chi connectivity index (χ1v) is 7.59. The van der Waals surface area contributed by atoms with Crippen molar-refractivity contribution in [2.24, 2.45) is 7.05 Å². The molecule has 7 heteroatoms. The maximum atomic E-state index is 8.71. The molecule has 0 aliphatic carbocycles. The second-order valence-corrected chi connectivity index (χ2v) is 5.47. The molecule has 0 bridgehead atoms. The van der Waals surface area contributed by atoms with E-state index >= 15 is 0 Å². The van der Waals surface area contributed by atoms with Crippen molar-refractivity contribution in [3.8, 4) is 5.88 Å². The topological polar surface area (TPSA) is 72.2 Å². The van der Waals surface area contributed by atoms with Crippen molar-refractivity contribution >= 4 is 28.3 Å². The summed E-state index contributed by atoms with van der Waals surface area (Å²) in [5.74, 6) is 1.39. The third-order valence-electron chi connectivity index (χ3n) is 3.46. The number of ether oxygens (including phenoxy) is 1. The van der Waals surface area contributed by atoms with Crippen LogP contribution in [-0.2, 0) is 13.6 Å². The van der Waals surface area contributed by atoms with Crippen LogP contribution in [0.25, 0.3) is 11.0 Å². The van der Waals surface area contributed by atoms with Crippen LogP contribution in [0, 0.1) is 0 Å². The van der Waals surface area contributed by atoms with Crippen LogP contribution in [0.1, 0.15) is 5.82 Å². The average Bonchev–Trinajstić information content (AvgIpc) is 2.87. The number of nitrogens with zero attached hydrogens (tertiary/aromatic N) is 3. The number of aliphatic hydroxyl groups excluding tert-OH is 1. The van der Waals surface area contributed by atoms with Gasteiger partial charge in [-0.2, -0.15) is 0 Å². The molecule has 0 spiro atoms. The highest BCUT2D eigenvalue weighted by atomic mass is 35.5. The van der Waals surface area contributed by atoms with Crippen LogP contribution >= 0.6 is 11.6 Å². The zero-order chi connectivity index (χ0) is 16.2.